The molecule has 0 radical (unpaired) electrons. The lowest BCUT2D eigenvalue weighted by atomic mass is 10.1. The predicted octanol–water partition coefficient (Wildman–Crippen LogP) is 2.69. The van der Waals surface area contributed by atoms with E-state index in [1.165, 1.54) is 0 Å². The molecule has 2 aromatic heterocycles. The molecule has 0 saturated heterocycles. The van der Waals surface area contributed by atoms with E-state index in [-0.39, 0.29) is 5.56 Å². The van der Waals surface area contributed by atoms with Gasteiger partial charge in [-0.25, -0.2) is 9.97 Å². The van der Waals surface area contributed by atoms with Gasteiger partial charge in [0.25, 0.3) is 5.56 Å². The van der Waals surface area contributed by atoms with Crippen LogP contribution in [0.2, 0.25) is 0 Å². The Kier molecular flexibility index (Phi) is 3.47. The lowest BCUT2D eigenvalue weighted by Crippen LogP contribution is -2.29. The van der Waals surface area contributed by atoms with Crippen LogP contribution in [0.5, 0.6) is 0 Å². The first kappa shape index (κ1) is 14.4. The molecular weight excluding hydrogens is 298 g/mol. The fraction of sp³-hybridized carbons (Fsp3) is 0.150. The normalized spacial score (nSPS) is 13.2. The molecule has 1 aliphatic rings. The summed E-state index contributed by atoms with van der Waals surface area (Å²) in [6.07, 6.45) is 3.36. The largest absolute Gasteiger partial charge is 0.292 e. The number of nitrogens with zero attached hydrogens (tertiary/aromatic N) is 3. The third kappa shape index (κ3) is 2.61. The number of fused-ring (bicyclic) bond motifs is 2. The van der Waals surface area contributed by atoms with E-state index in [0.717, 1.165) is 35.5 Å². The highest BCUT2D eigenvalue weighted by molar-refractivity contribution is 5.79. The number of benzene rings is 1. The lowest BCUT2D eigenvalue weighted by Gasteiger charge is -2.19. The molecule has 0 unspecified atom stereocenters. The SMILES string of the molecule is C=C1CCc2nc3cc(C#Cc4ccccn4)ccc3c(=O)n2C1. The Morgan fingerprint density at radius 3 is 2.88 bits per heavy atom. The van der Waals surface area contributed by atoms with E-state index in [0.29, 0.717) is 17.4 Å². The van der Waals surface area contributed by atoms with E-state index < -0.39 is 0 Å². The molecule has 0 spiro atoms. The summed E-state index contributed by atoms with van der Waals surface area (Å²) in [7, 11) is 0. The van der Waals surface area contributed by atoms with E-state index in [1.807, 2.05) is 30.3 Å². The highest BCUT2D eigenvalue weighted by Gasteiger charge is 2.16. The molecule has 0 aliphatic carbocycles. The van der Waals surface area contributed by atoms with Crippen molar-refractivity contribution in [3.05, 3.63) is 82.2 Å². The van der Waals surface area contributed by atoms with E-state index in [9.17, 15) is 4.79 Å². The second-order valence-corrected chi connectivity index (χ2v) is 5.87. The Hall–Kier alpha value is -3.19. The molecule has 0 atom stereocenters. The van der Waals surface area contributed by atoms with Gasteiger partial charge in [-0.2, -0.15) is 0 Å². The Balaban J connectivity index is 1.79. The Bertz CT molecular complexity index is 1070. The molecule has 0 fully saturated rings. The molecule has 0 amide bonds. The van der Waals surface area contributed by atoms with Crippen molar-refractivity contribution < 1.29 is 0 Å². The van der Waals surface area contributed by atoms with Crippen LogP contribution in [0.3, 0.4) is 0 Å². The Labute approximate surface area is 139 Å². The first-order valence-electron chi connectivity index (χ1n) is 7.84. The molecule has 0 bridgehead atoms. The molecule has 1 aliphatic heterocycles. The fourth-order valence-electron chi connectivity index (χ4n) is 2.86. The van der Waals surface area contributed by atoms with Gasteiger partial charge in [0.05, 0.1) is 10.9 Å². The standard InChI is InChI=1S/C20H15N3O/c1-14-5-10-19-22-18-12-15(6-8-16-4-2-3-11-21-16)7-9-17(18)20(24)23(19)13-14/h2-4,7,9,11-12H,1,5,10,13H2. The van der Waals surface area contributed by atoms with Crippen LogP contribution in [0.25, 0.3) is 10.9 Å². The molecule has 24 heavy (non-hydrogen) atoms. The average molecular weight is 313 g/mol. The van der Waals surface area contributed by atoms with Gasteiger partial charge in [0.1, 0.15) is 11.5 Å². The summed E-state index contributed by atoms with van der Waals surface area (Å²) in [5, 5.41) is 0.622. The van der Waals surface area contributed by atoms with Gasteiger partial charge in [0.2, 0.25) is 0 Å². The van der Waals surface area contributed by atoms with Gasteiger partial charge in [-0.3, -0.25) is 9.36 Å². The maximum Gasteiger partial charge on any atom is 0.261 e. The van der Waals surface area contributed by atoms with Gasteiger partial charge in [-0.15, -0.1) is 0 Å². The summed E-state index contributed by atoms with van der Waals surface area (Å²) in [6, 6.07) is 11.2. The van der Waals surface area contributed by atoms with Crippen LogP contribution in [0, 0.1) is 11.8 Å². The minimum Gasteiger partial charge on any atom is -0.292 e. The Morgan fingerprint density at radius 1 is 1.12 bits per heavy atom. The summed E-state index contributed by atoms with van der Waals surface area (Å²) < 4.78 is 1.73. The molecule has 0 saturated carbocycles. The van der Waals surface area contributed by atoms with Crippen molar-refractivity contribution in [2.75, 3.05) is 0 Å². The smallest absolute Gasteiger partial charge is 0.261 e. The van der Waals surface area contributed by atoms with Gasteiger partial charge in [-0.05, 0) is 42.7 Å². The number of hydrogen-bond donors (Lipinski definition) is 0. The monoisotopic (exact) mass is 313 g/mol. The maximum atomic E-state index is 12.6. The first-order chi connectivity index (χ1) is 11.7. The molecule has 3 heterocycles. The third-order valence-electron chi connectivity index (χ3n) is 4.12. The van der Waals surface area contributed by atoms with Crippen molar-refractivity contribution in [3.63, 3.8) is 0 Å². The topological polar surface area (TPSA) is 47.8 Å². The second-order valence-electron chi connectivity index (χ2n) is 5.87. The summed E-state index contributed by atoms with van der Waals surface area (Å²) in [6.45, 7) is 4.56. The van der Waals surface area contributed by atoms with Crippen LogP contribution in [0.15, 0.2) is 59.5 Å². The molecule has 4 heteroatoms. The minimum absolute atomic E-state index is 0.0000789. The number of aryl methyl sites for hydroxylation is 1. The van der Waals surface area contributed by atoms with Crippen LogP contribution in [-0.4, -0.2) is 14.5 Å². The quantitative estimate of drug-likeness (QED) is 0.473. The van der Waals surface area contributed by atoms with E-state index in [4.69, 9.17) is 0 Å². The van der Waals surface area contributed by atoms with E-state index in [2.05, 4.69) is 28.4 Å². The highest BCUT2D eigenvalue weighted by Crippen LogP contribution is 2.18. The van der Waals surface area contributed by atoms with Crippen LogP contribution in [0.1, 0.15) is 23.5 Å². The van der Waals surface area contributed by atoms with Crippen LogP contribution in [-0.2, 0) is 13.0 Å². The highest BCUT2D eigenvalue weighted by atomic mass is 16.1. The van der Waals surface area contributed by atoms with Gasteiger partial charge in [0.15, 0.2) is 0 Å². The number of aromatic nitrogens is 3. The number of rotatable bonds is 0. The molecule has 1 aromatic carbocycles. The first-order valence-corrected chi connectivity index (χ1v) is 7.84. The Morgan fingerprint density at radius 2 is 2.04 bits per heavy atom. The molecular formula is C20H15N3O. The van der Waals surface area contributed by atoms with E-state index >= 15 is 0 Å². The van der Waals surface area contributed by atoms with Gasteiger partial charge in [0, 0.05) is 24.7 Å². The van der Waals surface area contributed by atoms with Crippen molar-refractivity contribution in [2.45, 2.75) is 19.4 Å². The zero-order valence-corrected chi connectivity index (χ0v) is 13.1. The molecule has 4 nitrogen and oxygen atoms in total. The van der Waals surface area contributed by atoms with Crippen molar-refractivity contribution in [2.24, 2.45) is 0 Å². The summed E-state index contributed by atoms with van der Waals surface area (Å²) in [5.74, 6) is 6.94. The van der Waals surface area contributed by atoms with Crippen LogP contribution in [0.4, 0.5) is 0 Å². The fourth-order valence-corrected chi connectivity index (χ4v) is 2.86. The van der Waals surface area contributed by atoms with Gasteiger partial charge >= 0.3 is 0 Å². The number of hydrogen-bond acceptors (Lipinski definition) is 3. The van der Waals surface area contributed by atoms with E-state index in [1.54, 1.807) is 16.8 Å². The second kappa shape index (κ2) is 5.78. The van der Waals surface area contributed by atoms with Crippen molar-refractivity contribution in [1.29, 1.82) is 0 Å². The van der Waals surface area contributed by atoms with Gasteiger partial charge < -0.3 is 0 Å². The van der Waals surface area contributed by atoms with Crippen LogP contribution >= 0.6 is 0 Å². The van der Waals surface area contributed by atoms with Crippen molar-refractivity contribution in [1.82, 2.24) is 14.5 Å². The van der Waals surface area contributed by atoms with Crippen LogP contribution < -0.4 is 5.56 Å². The average Bonchev–Trinajstić information content (AvgIpc) is 2.61. The predicted molar refractivity (Wildman–Crippen MR) is 93.7 cm³/mol. The molecule has 3 aromatic rings. The number of pyridine rings is 1. The lowest BCUT2D eigenvalue weighted by molar-refractivity contribution is 0.598. The van der Waals surface area contributed by atoms with Crippen molar-refractivity contribution >= 4 is 10.9 Å². The third-order valence-corrected chi connectivity index (χ3v) is 4.12. The zero-order chi connectivity index (χ0) is 16.5. The summed E-state index contributed by atoms with van der Waals surface area (Å²) >= 11 is 0. The minimum atomic E-state index is 0.0000789. The van der Waals surface area contributed by atoms with Crippen molar-refractivity contribution in [3.8, 4) is 11.8 Å². The molecule has 4 rings (SSSR count). The summed E-state index contributed by atoms with van der Waals surface area (Å²) in [5.41, 5.74) is 3.31. The maximum absolute atomic E-state index is 12.6. The molecule has 0 N–H and O–H groups in total. The number of allylic oxidation sites excluding steroid dienone is 1. The molecule has 116 valence electrons. The van der Waals surface area contributed by atoms with Gasteiger partial charge in [-0.1, -0.05) is 24.1 Å². The summed E-state index contributed by atoms with van der Waals surface area (Å²) in [4.78, 5) is 21.5. The zero-order valence-electron chi connectivity index (χ0n) is 13.1.